The topological polar surface area (TPSA) is 42.4 Å². The lowest BCUT2D eigenvalue weighted by atomic mass is 10.1. The number of nitrogens with zero attached hydrogens (tertiary/aromatic N) is 2. The van der Waals surface area contributed by atoms with E-state index in [1.165, 1.54) is 0 Å². The molecule has 1 aliphatic heterocycles. The Morgan fingerprint density at radius 3 is 3.17 bits per heavy atom. The molecule has 1 atom stereocenters. The lowest BCUT2D eigenvalue weighted by Crippen LogP contribution is -2.44. The summed E-state index contributed by atoms with van der Waals surface area (Å²) in [7, 11) is 0. The van der Waals surface area contributed by atoms with Crippen molar-refractivity contribution in [2.45, 2.75) is 18.9 Å². The fraction of sp³-hybridized carbons (Fsp3) is 0.500. The summed E-state index contributed by atoms with van der Waals surface area (Å²) in [5.74, 6) is 0.575. The average molecular weight is 289 g/mol. The largest absolute Gasteiger partial charge is 0.487 e. The van der Waals surface area contributed by atoms with Gasteiger partial charge in [-0.15, -0.1) is 11.6 Å². The van der Waals surface area contributed by atoms with Gasteiger partial charge in [0.15, 0.2) is 0 Å². The molecule has 0 N–H and O–H groups in total. The van der Waals surface area contributed by atoms with Gasteiger partial charge in [-0.25, -0.2) is 0 Å². The molecular weight excluding hydrogens is 275 g/mol. The summed E-state index contributed by atoms with van der Waals surface area (Å²) in [5, 5.41) is 0.485. The van der Waals surface area contributed by atoms with E-state index in [1.807, 2.05) is 0 Å². The number of hydrogen-bond donors (Lipinski definition) is 0. The van der Waals surface area contributed by atoms with Crippen molar-refractivity contribution in [3.05, 3.63) is 23.5 Å². The molecule has 0 radical (unpaired) electrons. The standard InChI is InChI=1S/C12H14Cl2N2O2/c13-6-12(17)16-5-1-2-9(8-16)18-11-3-4-15-7-10(11)14/h3-4,7,9H,1-2,5-6,8H2. The normalized spacial score (nSPS) is 19.7. The van der Waals surface area contributed by atoms with Gasteiger partial charge in [0, 0.05) is 25.0 Å². The summed E-state index contributed by atoms with van der Waals surface area (Å²) < 4.78 is 5.80. The monoisotopic (exact) mass is 288 g/mol. The van der Waals surface area contributed by atoms with E-state index in [2.05, 4.69) is 4.98 Å². The summed E-state index contributed by atoms with van der Waals surface area (Å²) >= 11 is 11.5. The number of pyridine rings is 1. The zero-order valence-electron chi connectivity index (χ0n) is 9.81. The van der Waals surface area contributed by atoms with Gasteiger partial charge in [-0.2, -0.15) is 0 Å². The maximum Gasteiger partial charge on any atom is 0.237 e. The Bertz CT molecular complexity index is 428. The molecule has 1 amide bonds. The summed E-state index contributed by atoms with van der Waals surface area (Å²) in [6.07, 6.45) is 4.96. The summed E-state index contributed by atoms with van der Waals surface area (Å²) in [4.78, 5) is 17.2. The maximum atomic E-state index is 11.5. The van der Waals surface area contributed by atoms with E-state index in [0.29, 0.717) is 17.3 Å². The molecule has 1 saturated heterocycles. The van der Waals surface area contributed by atoms with Crippen molar-refractivity contribution in [3.63, 3.8) is 0 Å². The van der Waals surface area contributed by atoms with Crippen molar-refractivity contribution in [3.8, 4) is 5.75 Å². The molecule has 18 heavy (non-hydrogen) atoms. The molecule has 2 rings (SSSR count). The number of alkyl halides is 1. The van der Waals surface area contributed by atoms with Gasteiger partial charge in [0.2, 0.25) is 5.91 Å². The van der Waals surface area contributed by atoms with Crippen molar-refractivity contribution in [1.29, 1.82) is 0 Å². The number of piperidine rings is 1. The second-order valence-electron chi connectivity index (χ2n) is 4.16. The molecule has 1 fully saturated rings. The second-order valence-corrected chi connectivity index (χ2v) is 4.84. The number of hydrogen-bond acceptors (Lipinski definition) is 3. The minimum atomic E-state index is -0.0502. The van der Waals surface area contributed by atoms with Crippen molar-refractivity contribution >= 4 is 29.1 Å². The Hall–Kier alpha value is -1.00. The Kier molecular flexibility index (Phi) is 4.66. The molecule has 6 heteroatoms. The van der Waals surface area contributed by atoms with Gasteiger partial charge in [-0.1, -0.05) is 11.6 Å². The van der Waals surface area contributed by atoms with Crippen LogP contribution in [0.15, 0.2) is 18.5 Å². The predicted molar refractivity (Wildman–Crippen MR) is 70.2 cm³/mol. The first kappa shape index (κ1) is 13.4. The van der Waals surface area contributed by atoms with Crippen LogP contribution in [0.4, 0.5) is 0 Å². The molecule has 0 aromatic carbocycles. The van der Waals surface area contributed by atoms with Gasteiger partial charge in [0.05, 0.1) is 6.54 Å². The van der Waals surface area contributed by atoms with Crippen LogP contribution in [0.3, 0.4) is 0 Å². The van der Waals surface area contributed by atoms with Crippen LogP contribution in [0.1, 0.15) is 12.8 Å². The van der Waals surface area contributed by atoms with Gasteiger partial charge in [-0.3, -0.25) is 9.78 Å². The molecule has 0 aliphatic carbocycles. The van der Waals surface area contributed by atoms with Crippen molar-refractivity contribution < 1.29 is 9.53 Å². The van der Waals surface area contributed by atoms with E-state index >= 15 is 0 Å². The van der Waals surface area contributed by atoms with Gasteiger partial charge in [-0.05, 0) is 12.8 Å². The van der Waals surface area contributed by atoms with Gasteiger partial charge < -0.3 is 9.64 Å². The number of likely N-dealkylation sites (tertiary alicyclic amines) is 1. The third kappa shape index (κ3) is 3.27. The quantitative estimate of drug-likeness (QED) is 0.802. The smallest absolute Gasteiger partial charge is 0.237 e. The van der Waals surface area contributed by atoms with E-state index < -0.39 is 0 Å². The zero-order chi connectivity index (χ0) is 13.0. The molecule has 1 aromatic rings. The molecule has 1 unspecified atom stereocenters. The molecule has 0 spiro atoms. The van der Waals surface area contributed by atoms with Crippen molar-refractivity contribution in [2.24, 2.45) is 0 Å². The van der Waals surface area contributed by atoms with Crippen LogP contribution in [0.2, 0.25) is 5.02 Å². The lowest BCUT2D eigenvalue weighted by Gasteiger charge is -2.32. The molecule has 4 nitrogen and oxygen atoms in total. The Balaban J connectivity index is 1.98. The van der Waals surface area contributed by atoms with Crippen LogP contribution in [-0.2, 0) is 4.79 Å². The van der Waals surface area contributed by atoms with E-state index in [9.17, 15) is 4.79 Å². The van der Waals surface area contributed by atoms with Crippen molar-refractivity contribution in [1.82, 2.24) is 9.88 Å². The third-order valence-electron chi connectivity index (χ3n) is 2.87. The number of carbonyl (C=O) groups excluding carboxylic acids is 1. The molecule has 0 bridgehead atoms. The van der Waals surface area contributed by atoms with Crippen LogP contribution in [-0.4, -0.2) is 40.9 Å². The highest BCUT2D eigenvalue weighted by Gasteiger charge is 2.24. The van der Waals surface area contributed by atoms with Crippen LogP contribution in [0.5, 0.6) is 5.75 Å². The van der Waals surface area contributed by atoms with Crippen molar-refractivity contribution in [2.75, 3.05) is 19.0 Å². The number of carbonyl (C=O) groups is 1. The number of halogens is 2. The van der Waals surface area contributed by atoms with Gasteiger partial charge in [0.25, 0.3) is 0 Å². The van der Waals surface area contributed by atoms with Crippen LogP contribution >= 0.6 is 23.2 Å². The second kappa shape index (κ2) is 6.25. The third-order valence-corrected chi connectivity index (χ3v) is 3.39. The van der Waals surface area contributed by atoms with E-state index in [1.54, 1.807) is 23.4 Å². The predicted octanol–water partition coefficient (Wildman–Crippen LogP) is 2.34. The number of aromatic nitrogens is 1. The highest BCUT2D eigenvalue weighted by atomic mass is 35.5. The fourth-order valence-corrected chi connectivity index (χ4v) is 2.32. The minimum absolute atomic E-state index is 0.0166. The molecular formula is C12H14Cl2N2O2. The highest BCUT2D eigenvalue weighted by molar-refractivity contribution is 6.31. The zero-order valence-corrected chi connectivity index (χ0v) is 11.3. The highest BCUT2D eigenvalue weighted by Crippen LogP contribution is 2.25. The average Bonchev–Trinajstić information content (AvgIpc) is 2.41. The maximum absolute atomic E-state index is 11.5. The number of amides is 1. The first-order valence-corrected chi connectivity index (χ1v) is 6.72. The minimum Gasteiger partial charge on any atom is -0.487 e. The SMILES string of the molecule is O=C(CCl)N1CCCC(Oc2ccncc2Cl)C1. The van der Waals surface area contributed by atoms with E-state index in [0.717, 1.165) is 19.4 Å². The molecule has 2 heterocycles. The Labute approximate surface area is 116 Å². The van der Waals surface area contributed by atoms with Crippen LogP contribution in [0, 0.1) is 0 Å². The Morgan fingerprint density at radius 2 is 2.44 bits per heavy atom. The first-order chi connectivity index (χ1) is 8.70. The summed E-state index contributed by atoms with van der Waals surface area (Å²) in [6, 6.07) is 1.73. The van der Waals surface area contributed by atoms with Gasteiger partial charge >= 0.3 is 0 Å². The fourth-order valence-electron chi connectivity index (χ4n) is 1.98. The van der Waals surface area contributed by atoms with Gasteiger partial charge in [0.1, 0.15) is 22.8 Å². The van der Waals surface area contributed by atoms with E-state index in [4.69, 9.17) is 27.9 Å². The molecule has 1 aliphatic rings. The Morgan fingerprint density at radius 1 is 1.61 bits per heavy atom. The molecule has 0 saturated carbocycles. The lowest BCUT2D eigenvalue weighted by molar-refractivity contribution is -0.131. The van der Waals surface area contributed by atoms with E-state index in [-0.39, 0.29) is 17.9 Å². The molecule has 98 valence electrons. The summed E-state index contributed by atoms with van der Waals surface area (Å²) in [6.45, 7) is 1.31. The van der Waals surface area contributed by atoms with Crippen LogP contribution in [0.25, 0.3) is 0 Å². The van der Waals surface area contributed by atoms with Crippen LogP contribution < -0.4 is 4.74 Å². The molecule has 1 aromatic heterocycles. The first-order valence-electron chi connectivity index (χ1n) is 5.80. The number of rotatable bonds is 3. The summed E-state index contributed by atoms with van der Waals surface area (Å²) in [5.41, 5.74) is 0. The number of ether oxygens (including phenoxy) is 1.